The van der Waals surface area contributed by atoms with Gasteiger partial charge in [0.25, 0.3) is 0 Å². The van der Waals surface area contributed by atoms with Crippen molar-refractivity contribution in [2.45, 2.75) is 5.60 Å². The molecule has 0 aromatic heterocycles. The minimum atomic E-state index is -0.505. The van der Waals surface area contributed by atoms with Gasteiger partial charge >= 0.3 is 0 Å². The molecule has 0 N–H and O–H groups in total. The minimum Gasteiger partial charge on any atom is -0.411 e. The summed E-state index contributed by atoms with van der Waals surface area (Å²) in [5.41, 5.74) is 1.74. The smallest absolute Gasteiger partial charge is 0.148 e. The highest BCUT2D eigenvalue weighted by atomic mass is 28.2. The zero-order valence-corrected chi connectivity index (χ0v) is 12.0. The van der Waals surface area contributed by atoms with Crippen molar-refractivity contribution in [3.8, 4) is 0 Å². The highest BCUT2D eigenvalue weighted by Gasteiger charge is 2.29. The quantitative estimate of drug-likeness (QED) is 0.589. The van der Waals surface area contributed by atoms with E-state index in [1.807, 2.05) is 42.5 Å². The first-order valence-corrected chi connectivity index (χ1v) is 6.45. The topological polar surface area (TPSA) is 9.23 Å². The van der Waals surface area contributed by atoms with Crippen molar-refractivity contribution < 1.29 is 4.43 Å². The third-order valence-electron chi connectivity index (χ3n) is 3.01. The van der Waals surface area contributed by atoms with E-state index in [0.29, 0.717) is 10.5 Å². The molecule has 0 aliphatic heterocycles. The maximum absolute atomic E-state index is 5.88. The van der Waals surface area contributed by atoms with Gasteiger partial charge in [-0.3, -0.25) is 0 Å². The molecular weight excluding hydrogens is 224 g/mol. The monoisotopic (exact) mass is 240 g/mol. The van der Waals surface area contributed by atoms with E-state index >= 15 is 0 Å². The molecule has 2 heteroatoms. The van der Waals surface area contributed by atoms with Crippen molar-refractivity contribution >= 4 is 10.5 Å². The van der Waals surface area contributed by atoms with Crippen molar-refractivity contribution in [2.24, 2.45) is 0 Å². The van der Waals surface area contributed by atoms with E-state index in [9.17, 15) is 0 Å². The van der Waals surface area contributed by atoms with E-state index in [4.69, 9.17) is 4.43 Å². The van der Waals surface area contributed by atoms with Crippen LogP contribution in [-0.2, 0) is 10.0 Å². The van der Waals surface area contributed by atoms with Crippen LogP contribution in [0, 0.1) is 0 Å². The number of hydrogen-bond acceptors (Lipinski definition) is 1. The maximum Gasteiger partial charge on any atom is 0.148 e. The number of rotatable bonds is 4. The average Bonchev–Trinajstić information content (AvgIpc) is 2.43. The molecule has 86 valence electrons. The molecule has 1 nitrogen and oxygen atoms in total. The molecule has 0 radical (unpaired) electrons. The van der Waals surface area contributed by atoms with Crippen LogP contribution in [0.1, 0.15) is 11.1 Å². The fourth-order valence-electron chi connectivity index (χ4n) is 2.09. The lowest BCUT2D eigenvalue weighted by molar-refractivity contribution is 0.183. The summed E-state index contributed by atoms with van der Waals surface area (Å²) < 4.78 is 5.88. The summed E-state index contributed by atoms with van der Waals surface area (Å²) in [4.78, 5) is 0. The van der Waals surface area contributed by atoms with E-state index in [1.54, 1.807) is 0 Å². The molecule has 0 aliphatic rings. The summed E-state index contributed by atoms with van der Waals surface area (Å²) in [6.45, 7) is 3.95. The van der Waals surface area contributed by atoms with Crippen LogP contribution in [0.2, 0.25) is 0 Å². The van der Waals surface area contributed by atoms with Gasteiger partial charge < -0.3 is 4.43 Å². The Hall–Kier alpha value is -1.64. The van der Waals surface area contributed by atoms with Gasteiger partial charge in [-0.1, -0.05) is 73.3 Å². The van der Waals surface area contributed by atoms with E-state index in [0.717, 1.165) is 11.1 Å². The molecule has 0 unspecified atom stereocenters. The van der Waals surface area contributed by atoms with Crippen molar-refractivity contribution in [1.29, 1.82) is 0 Å². The number of hydrogen-bond donors (Lipinski definition) is 0. The van der Waals surface area contributed by atoms with E-state index < -0.39 is 5.60 Å². The Bertz CT molecular complexity index is 439. The predicted octanol–water partition coefficient (Wildman–Crippen LogP) is 2.41. The first-order chi connectivity index (χ1) is 8.33. The molecule has 2 aromatic rings. The molecular formula is C15H16OSi. The summed E-state index contributed by atoms with van der Waals surface area (Å²) in [7, 11) is 0.654. The van der Waals surface area contributed by atoms with Crippen molar-refractivity contribution in [3.63, 3.8) is 0 Å². The molecule has 0 spiro atoms. The zero-order valence-electron chi connectivity index (χ0n) is 9.97. The summed E-state index contributed by atoms with van der Waals surface area (Å²) in [5.74, 6) is 0. The Balaban J connectivity index is 2.58. The van der Waals surface area contributed by atoms with E-state index in [1.165, 1.54) is 0 Å². The van der Waals surface area contributed by atoms with Crippen molar-refractivity contribution in [1.82, 2.24) is 0 Å². The Kier molecular flexibility index (Phi) is 3.57. The molecule has 0 heterocycles. The van der Waals surface area contributed by atoms with Crippen LogP contribution in [0.4, 0.5) is 0 Å². The van der Waals surface area contributed by atoms with E-state index in [2.05, 4.69) is 30.8 Å². The standard InChI is InChI=1S/C15H16OSi/c1-2-15(16-17,13-9-5-3-6-10-13)14-11-7-4-8-12-14/h2-12H,1H2,17H3. The Morgan fingerprint density at radius 2 is 1.29 bits per heavy atom. The second-order valence-electron chi connectivity index (χ2n) is 3.88. The van der Waals surface area contributed by atoms with Crippen LogP contribution in [0.5, 0.6) is 0 Å². The van der Waals surface area contributed by atoms with Crippen LogP contribution in [-0.4, -0.2) is 10.5 Å². The van der Waals surface area contributed by atoms with Gasteiger partial charge in [0.2, 0.25) is 0 Å². The average molecular weight is 240 g/mol. The second-order valence-corrected chi connectivity index (χ2v) is 4.28. The van der Waals surface area contributed by atoms with Crippen molar-refractivity contribution in [2.75, 3.05) is 0 Å². The van der Waals surface area contributed by atoms with Gasteiger partial charge in [-0.15, -0.1) is 0 Å². The fraction of sp³-hybridized carbons (Fsp3) is 0.0667. The van der Waals surface area contributed by atoms with Crippen molar-refractivity contribution in [3.05, 3.63) is 84.4 Å². The Morgan fingerprint density at radius 1 is 0.882 bits per heavy atom. The molecule has 0 atom stereocenters. The van der Waals surface area contributed by atoms with Gasteiger partial charge in [0.15, 0.2) is 0 Å². The first kappa shape index (κ1) is 11.8. The summed E-state index contributed by atoms with van der Waals surface area (Å²) in [6, 6.07) is 20.4. The molecule has 2 rings (SSSR count). The zero-order chi connectivity index (χ0) is 12.1. The van der Waals surface area contributed by atoms with Crippen LogP contribution in [0.3, 0.4) is 0 Å². The SMILES string of the molecule is C=CC(O[SiH3])(c1ccccc1)c1ccccc1. The van der Waals surface area contributed by atoms with Gasteiger partial charge in [-0.05, 0) is 11.1 Å². The lowest BCUT2D eigenvalue weighted by atomic mass is 9.86. The Labute approximate surface area is 105 Å². The normalized spacial score (nSPS) is 11.3. The van der Waals surface area contributed by atoms with Gasteiger partial charge in [0, 0.05) is 0 Å². The molecule has 0 aliphatic carbocycles. The minimum absolute atomic E-state index is 0.505. The predicted molar refractivity (Wildman–Crippen MR) is 74.9 cm³/mol. The fourth-order valence-corrected chi connectivity index (χ4v) is 2.73. The van der Waals surface area contributed by atoms with Crippen LogP contribution >= 0.6 is 0 Å². The van der Waals surface area contributed by atoms with E-state index in [-0.39, 0.29) is 0 Å². The molecule has 0 fully saturated rings. The highest BCUT2D eigenvalue weighted by Crippen LogP contribution is 2.33. The molecule has 0 saturated heterocycles. The van der Waals surface area contributed by atoms with Gasteiger partial charge in [-0.2, -0.15) is 0 Å². The van der Waals surface area contributed by atoms with Gasteiger partial charge in [-0.25, -0.2) is 0 Å². The second kappa shape index (κ2) is 5.12. The largest absolute Gasteiger partial charge is 0.411 e. The highest BCUT2D eigenvalue weighted by molar-refractivity contribution is 5.98. The molecule has 2 aromatic carbocycles. The van der Waals surface area contributed by atoms with Gasteiger partial charge in [0.1, 0.15) is 16.1 Å². The first-order valence-electron chi connectivity index (χ1n) is 5.63. The lowest BCUT2D eigenvalue weighted by Gasteiger charge is -2.31. The third-order valence-corrected chi connectivity index (χ3v) is 3.66. The summed E-state index contributed by atoms with van der Waals surface area (Å²) in [6.07, 6.45) is 1.88. The molecule has 17 heavy (non-hydrogen) atoms. The molecule has 0 saturated carbocycles. The molecule has 0 bridgehead atoms. The lowest BCUT2D eigenvalue weighted by Crippen LogP contribution is -2.27. The summed E-state index contributed by atoms with van der Waals surface area (Å²) in [5, 5.41) is 0. The van der Waals surface area contributed by atoms with Crippen LogP contribution in [0.15, 0.2) is 73.3 Å². The van der Waals surface area contributed by atoms with Gasteiger partial charge in [0.05, 0.1) is 0 Å². The third kappa shape index (κ3) is 2.09. The summed E-state index contributed by atoms with van der Waals surface area (Å²) >= 11 is 0. The molecule has 0 amide bonds. The Morgan fingerprint density at radius 3 is 1.59 bits per heavy atom. The van der Waals surface area contributed by atoms with Crippen LogP contribution in [0.25, 0.3) is 0 Å². The number of benzene rings is 2. The maximum atomic E-state index is 5.88. The van der Waals surface area contributed by atoms with Crippen LogP contribution < -0.4 is 0 Å².